The zero-order chi connectivity index (χ0) is 35.1. The Morgan fingerprint density at radius 2 is 1.28 bits per heavy atom. The summed E-state index contributed by atoms with van der Waals surface area (Å²) in [5, 5.41) is 48.8. The smallest absolute Gasteiger partial charge is 0.328 e. The topological polar surface area (TPSA) is 315 Å². The molecule has 1 heterocycles. The molecule has 1 aromatic heterocycles. The van der Waals surface area contributed by atoms with Crippen LogP contribution in [0.4, 0.5) is 0 Å². The van der Waals surface area contributed by atoms with Crippen LogP contribution in [0, 0.1) is 0 Å². The lowest BCUT2D eigenvalue weighted by atomic mass is 10.0. The van der Waals surface area contributed by atoms with Crippen LogP contribution in [-0.2, 0) is 46.4 Å². The van der Waals surface area contributed by atoms with Gasteiger partial charge in [-0.15, -0.1) is 0 Å². The van der Waals surface area contributed by atoms with Crippen LogP contribution in [0.1, 0.15) is 24.6 Å². The Kier molecular flexibility index (Phi) is 14.9. The van der Waals surface area contributed by atoms with Crippen molar-refractivity contribution in [1.82, 2.24) is 36.6 Å². The van der Waals surface area contributed by atoms with Crippen molar-refractivity contribution in [3.63, 3.8) is 0 Å². The lowest BCUT2D eigenvalue weighted by Crippen LogP contribution is -2.60. The van der Waals surface area contributed by atoms with E-state index >= 15 is 0 Å². The summed E-state index contributed by atoms with van der Waals surface area (Å²) in [5.74, 6) is -7.61. The van der Waals surface area contributed by atoms with Crippen molar-refractivity contribution in [2.24, 2.45) is 5.73 Å². The van der Waals surface area contributed by atoms with E-state index in [1.54, 1.807) is 30.3 Å². The van der Waals surface area contributed by atoms with Gasteiger partial charge in [0.05, 0.1) is 32.0 Å². The molecule has 47 heavy (non-hydrogen) atoms. The number of amides is 5. The number of rotatable bonds is 19. The van der Waals surface area contributed by atoms with Crippen molar-refractivity contribution in [3.8, 4) is 0 Å². The van der Waals surface area contributed by atoms with Gasteiger partial charge in [0.15, 0.2) is 0 Å². The van der Waals surface area contributed by atoms with Gasteiger partial charge in [-0.3, -0.25) is 28.8 Å². The zero-order valence-electron chi connectivity index (χ0n) is 25.2. The van der Waals surface area contributed by atoms with Gasteiger partial charge in [0.2, 0.25) is 29.5 Å². The van der Waals surface area contributed by atoms with Gasteiger partial charge in [-0.2, -0.15) is 0 Å². The number of nitrogens with one attached hydrogen (secondary N) is 6. The minimum Gasteiger partial charge on any atom is -0.481 e. The molecule has 0 saturated heterocycles. The zero-order valence-corrected chi connectivity index (χ0v) is 25.2. The summed E-state index contributed by atoms with van der Waals surface area (Å²) in [6.07, 6.45) is 1.67. The van der Waals surface area contributed by atoms with E-state index in [2.05, 4.69) is 36.6 Å². The summed E-state index contributed by atoms with van der Waals surface area (Å²) in [6.45, 7) is -0.618. The number of H-pyrrole nitrogens is 1. The number of hydrogen-bond donors (Lipinski definition) is 11. The molecule has 6 atom stereocenters. The first kappa shape index (κ1) is 37.8. The molecular weight excluding hydrogens is 624 g/mol. The standard InChI is InChI=1S/C28H38N8O11/c1-14(32-24(42)17(29)9-22(39)40)23(41)33-19(8-16-10-30-13-31-16)26(44)35-20(11-37)27(45)34-18(7-15-5-3-2-4-6-15)25(43)36-21(12-38)28(46)47/h2-6,10,13-14,17-21,37-38H,7-9,11-12,29H2,1H3,(H,30,31)(H,32,42)(H,33,41)(H,34,45)(H,35,44)(H,36,43)(H,39,40)(H,46,47)/t14-,17-,18-,19-,20-,21-/m0/s1. The third kappa shape index (κ3) is 12.5. The quantitative estimate of drug-likeness (QED) is 0.0677. The molecule has 5 amide bonds. The number of nitrogens with zero attached hydrogens (tertiary/aromatic N) is 1. The molecule has 0 aliphatic rings. The van der Waals surface area contributed by atoms with Crippen molar-refractivity contribution in [1.29, 1.82) is 0 Å². The second-order valence-corrected chi connectivity index (χ2v) is 10.4. The van der Waals surface area contributed by atoms with Gasteiger partial charge in [-0.1, -0.05) is 30.3 Å². The first-order chi connectivity index (χ1) is 22.2. The van der Waals surface area contributed by atoms with Crippen molar-refractivity contribution in [2.75, 3.05) is 13.2 Å². The average Bonchev–Trinajstić information content (AvgIpc) is 3.54. The van der Waals surface area contributed by atoms with E-state index in [1.165, 1.54) is 19.4 Å². The van der Waals surface area contributed by atoms with Crippen molar-refractivity contribution in [3.05, 3.63) is 54.1 Å². The van der Waals surface area contributed by atoms with E-state index < -0.39 is 97.4 Å². The maximum absolute atomic E-state index is 13.3. The third-order valence-electron chi connectivity index (χ3n) is 6.62. The Hall–Kier alpha value is -5.40. The molecule has 0 saturated carbocycles. The fourth-order valence-electron chi connectivity index (χ4n) is 4.04. The number of benzene rings is 1. The summed E-state index contributed by atoms with van der Waals surface area (Å²) in [5.41, 5.74) is 6.47. The minimum absolute atomic E-state index is 0.124. The molecule has 19 nitrogen and oxygen atoms in total. The predicted molar refractivity (Wildman–Crippen MR) is 160 cm³/mol. The lowest BCUT2D eigenvalue weighted by molar-refractivity contribution is -0.143. The average molecular weight is 663 g/mol. The number of carboxylic acids is 2. The van der Waals surface area contributed by atoms with Crippen LogP contribution in [0.2, 0.25) is 0 Å². The second kappa shape index (κ2) is 18.5. The number of aliphatic carboxylic acids is 2. The monoisotopic (exact) mass is 662 g/mol. The highest BCUT2D eigenvalue weighted by molar-refractivity contribution is 5.96. The molecule has 0 bridgehead atoms. The summed E-state index contributed by atoms with van der Waals surface area (Å²) in [4.78, 5) is 93.3. The molecule has 19 heteroatoms. The Labute approximate surface area is 267 Å². The first-order valence-electron chi connectivity index (χ1n) is 14.2. The number of aromatic amines is 1. The molecule has 0 fully saturated rings. The number of carbonyl (C=O) groups is 7. The molecule has 0 radical (unpaired) electrons. The highest BCUT2D eigenvalue weighted by Gasteiger charge is 2.32. The van der Waals surface area contributed by atoms with Gasteiger partial charge >= 0.3 is 11.9 Å². The number of carbonyl (C=O) groups excluding carboxylic acids is 5. The number of imidazole rings is 1. The number of hydrogen-bond acceptors (Lipinski definition) is 11. The molecule has 0 unspecified atom stereocenters. The van der Waals surface area contributed by atoms with E-state index in [0.717, 1.165) is 0 Å². The summed E-state index contributed by atoms with van der Waals surface area (Å²) in [7, 11) is 0. The fraction of sp³-hybridized carbons (Fsp3) is 0.429. The minimum atomic E-state index is -1.67. The van der Waals surface area contributed by atoms with Crippen LogP contribution in [0.15, 0.2) is 42.9 Å². The first-order valence-corrected chi connectivity index (χ1v) is 14.2. The number of carboxylic acid groups (broad SMARTS) is 2. The molecule has 0 aliphatic heterocycles. The Balaban J connectivity index is 2.19. The second-order valence-electron chi connectivity index (χ2n) is 10.4. The van der Waals surface area contributed by atoms with Crippen LogP contribution >= 0.6 is 0 Å². The summed E-state index contributed by atoms with van der Waals surface area (Å²) in [6, 6.07) is -0.515. The van der Waals surface area contributed by atoms with Crippen LogP contribution in [0.5, 0.6) is 0 Å². The van der Waals surface area contributed by atoms with Gasteiger partial charge in [0, 0.05) is 24.7 Å². The Morgan fingerprint density at radius 3 is 1.81 bits per heavy atom. The molecule has 256 valence electrons. The Morgan fingerprint density at radius 1 is 0.745 bits per heavy atom. The van der Waals surface area contributed by atoms with Gasteiger partial charge in [-0.25, -0.2) is 9.78 Å². The largest absolute Gasteiger partial charge is 0.481 e. The molecule has 2 aromatic rings. The Bertz CT molecular complexity index is 1390. The maximum Gasteiger partial charge on any atom is 0.328 e. The number of aliphatic hydroxyl groups excluding tert-OH is 2. The van der Waals surface area contributed by atoms with Crippen molar-refractivity contribution < 1.29 is 54.0 Å². The van der Waals surface area contributed by atoms with E-state index in [4.69, 9.17) is 10.8 Å². The van der Waals surface area contributed by atoms with Gasteiger partial charge < -0.3 is 57.7 Å². The van der Waals surface area contributed by atoms with Crippen LogP contribution in [0.3, 0.4) is 0 Å². The number of aliphatic hydroxyl groups is 2. The van der Waals surface area contributed by atoms with E-state index in [0.29, 0.717) is 11.3 Å². The van der Waals surface area contributed by atoms with Crippen LogP contribution in [-0.4, -0.2) is 121 Å². The normalized spacial score (nSPS) is 14.6. The predicted octanol–water partition coefficient (Wildman–Crippen LogP) is -4.49. The van der Waals surface area contributed by atoms with E-state index in [9.17, 15) is 48.9 Å². The van der Waals surface area contributed by atoms with Gasteiger partial charge in [0.25, 0.3) is 0 Å². The van der Waals surface area contributed by atoms with Crippen LogP contribution in [0.25, 0.3) is 0 Å². The summed E-state index contributed by atoms with van der Waals surface area (Å²) < 4.78 is 0. The number of nitrogens with two attached hydrogens (primary N) is 1. The molecule has 2 rings (SSSR count). The number of aromatic nitrogens is 2. The maximum atomic E-state index is 13.3. The van der Waals surface area contributed by atoms with Gasteiger partial charge in [0.1, 0.15) is 30.2 Å². The highest BCUT2D eigenvalue weighted by Crippen LogP contribution is 2.06. The molecule has 0 aliphatic carbocycles. The lowest BCUT2D eigenvalue weighted by Gasteiger charge is -2.25. The van der Waals surface area contributed by atoms with Crippen molar-refractivity contribution in [2.45, 2.75) is 62.4 Å². The van der Waals surface area contributed by atoms with Crippen molar-refractivity contribution >= 4 is 41.5 Å². The highest BCUT2D eigenvalue weighted by atomic mass is 16.4. The molecular formula is C28H38N8O11. The summed E-state index contributed by atoms with van der Waals surface area (Å²) >= 11 is 0. The van der Waals surface area contributed by atoms with E-state index in [1.807, 2.05) is 0 Å². The fourth-order valence-corrected chi connectivity index (χ4v) is 4.04. The molecule has 0 spiro atoms. The SMILES string of the molecule is C[C@H](NC(=O)[C@@H](N)CC(=O)O)C(=O)N[C@@H](Cc1cnc[nH]1)C(=O)N[C@@H](CO)C(=O)N[C@@H](Cc1ccccc1)C(=O)N[C@@H](CO)C(=O)O. The third-order valence-corrected chi connectivity index (χ3v) is 6.62. The molecule has 1 aromatic carbocycles. The van der Waals surface area contributed by atoms with E-state index in [-0.39, 0.29) is 12.8 Å². The van der Waals surface area contributed by atoms with Gasteiger partial charge in [-0.05, 0) is 12.5 Å². The van der Waals surface area contributed by atoms with Crippen LogP contribution < -0.4 is 32.3 Å². The molecule has 12 N–H and O–H groups in total.